The van der Waals surface area contributed by atoms with Crippen molar-refractivity contribution in [1.29, 1.82) is 0 Å². The largest absolute Gasteiger partial charge is 0.390 e. The van der Waals surface area contributed by atoms with E-state index < -0.39 is 6.10 Å². The molecule has 0 aromatic rings. The number of hydrogen-bond donors (Lipinski definition) is 1. The molecule has 1 aliphatic heterocycles. The molecule has 1 saturated heterocycles. The first-order valence-electron chi connectivity index (χ1n) is 7.16. The molecule has 0 aromatic carbocycles. The van der Waals surface area contributed by atoms with Crippen LogP contribution in [0.15, 0.2) is 24.3 Å². The number of nitrogens with zero attached hydrogens (tertiary/aromatic N) is 3. The first kappa shape index (κ1) is 16.9. The van der Waals surface area contributed by atoms with E-state index >= 15 is 0 Å². The topological polar surface area (TPSA) is 47.0 Å². The number of aliphatic hydroxyl groups is 1. The quantitative estimate of drug-likeness (QED) is 0.557. The molecule has 1 heterocycles. The number of piperazine rings is 1. The van der Waals surface area contributed by atoms with Gasteiger partial charge in [0.1, 0.15) is 0 Å². The Morgan fingerprint density at radius 1 is 1.30 bits per heavy atom. The van der Waals surface area contributed by atoms with Crippen LogP contribution in [0.3, 0.4) is 0 Å². The van der Waals surface area contributed by atoms with Crippen LogP contribution in [0.1, 0.15) is 6.92 Å². The molecule has 1 unspecified atom stereocenters. The minimum atomic E-state index is -0.498. The van der Waals surface area contributed by atoms with Gasteiger partial charge in [0.05, 0.1) is 6.10 Å². The zero-order valence-electron chi connectivity index (χ0n) is 12.8. The van der Waals surface area contributed by atoms with Crippen LogP contribution in [-0.2, 0) is 4.79 Å². The van der Waals surface area contributed by atoms with Crippen LogP contribution >= 0.6 is 0 Å². The lowest BCUT2D eigenvalue weighted by atomic mass is 10.2. The standard InChI is InChI=1S/C15H27N3O2/c1-4-5-6-7-15(20)17(3)12-14(19)13-18-10-8-16(2)9-11-18/h4-7,14,19H,8-13H2,1-3H3. The summed E-state index contributed by atoms with van der Waals surface area (Å²) in [5, 5.41) is 10.1. The second-order valence-electron chi connectivity index (χ2n) is 5.36. The first-order chi connectivity index (χ1) is 9.52. The Kier molecular flexibility index (Phi) is 7.51. The van der Waals surface area contributed by atoms with Crippen molar-refractivity contribution in [3.63, 3.8) is 0 Å². The SMILES string of the molecule is CC=CC=CC(=O)N(C)CC(O)CN1CCN(C)CC1. The molecule has 0 aromatic heterocycles. The van der Waals surface area contributed by atoms with Crippen molar-refractivity contribution in [2.45, 2.75) is 13.0 Å². The van der Waals surface area contributed by atoms with Crippen LogP contribution < -0.4 is 0 Å². The van der Waals surface area contributed by atoms with E-state index in [1.54, 1.807) is 18.0 Å². The molecule has 5 heteroatoms. The second-order valence-corrected chi connectivity index (χ2v) is 5.36. The smallest absolute Gasteiger partial charge is 0.246 e. The Morgan fingerprint density at radius 2 is 1.95 bits per heavy atom. The molecule has 1 aliphatic rings. The fraction of sp³-hybridized carbons (Fsp3) is 0.667. The summed E-state index contributed by atoms with van der Waals surface area (Å²) in [5.74, 6) is -0.0828. The number of aliphatic hydroxyl groups excluding tert-OH is 1. The maximum Gasteiger partial charge on any atom is 0.246 e. The van der Waals surface area contributed by atoms with E-state index in [1.807, 2.05) is 19.1 Å². The van der Waals surface area contributed by atoms with Crippen LogP contribution in [0, 0.1) is 0 Å². The third-order valence-corrected chi connectivity index (χ3v) is 3.47. The number of likely N-dealkylation sites (N-methyl/N-ethyl adjacent to an activating group) is 2. The molecule has 1 atom stereocenters. The highest BCUT2D eigenvalue weighted by Crippen LogP contribution is 2.02. The van der Waals surface area contributed by atoms with Gasteiger partial charge < -0.3 is 14.9 Å². The summed E-state index contributed by atoms with van der Waals surface area (Å²) >= 11 is 0. The highest BCUT2D eigenvalue weighted by molar-refractivity contribution is 5.87. The van der Waals surface area contributed by atoms with Crippen LogP contribution in [0.5, 0.6) is 0 Å². The number of hydrogen-bond acceptors (Lipinski definition) is 4. The molecule has 0 aliphatic carbocycles. The Hall–Kier alpha value is -1.17. The number of amides is 1. The molecule has 5 nitrogen and oxygen atoms in total. The monoisotopic (exact) mass is 281 g/mol. The van der Waals surface area contributed by atoms with E-state index in [-0.39, 0.29) is 5.91 Å². The molecular weight excluding hydrogens is 254 g/mol. The molecule has 0 radical (unpaired) electrons. The van der Waals surface area contributed by atoms with E-state index in [2.05, 4.69) is 16.8 Å². The minimum Gasteiger partial charge on any atom is -0.390 e. The molecule has 0 bridgehead atoms. The Bertz CT molecular complexity index is 347. The van der Waals surface area contributed by atoms with Crippen LogP contribution in [0.2, 0.25) is 0 Å². The van der Waals surface area contributed by atoms with Crippen molar-refractivity contribution in [2.75, 3.05) is 53.4 Å². The van der Waals surface area contributed by atoms with Crippen molar-refractivity contribution in [3.05, 3.63) is 24.3 Å². The lowest BCUT2D eigenvalue weighted by Gasteiger charge is -2.34. The average Bonchev–Trinajstić information content (AvgIpc) is 2.41. The predicted octanol–water partition coefficient (Wildman–Crippen LogP) is 0.185. The van der Waals surface area contributed by atoms with Crippen molar-refractivity contribution in [2.24, 2.45) is 0 Å². The van der Waals surface area contributed by atoms with Gasteiger partial charge in [0.2, 0.25) is 5.91 Å². The summed E-state index contributed by atoms with van der Waals surface area (Å²) in [4.78, 5) is 17.8. The highest BCUT2D eigenvalue weighted by atomic mass is 16.3. The summed E-state index contributed by atoms with van der Waals surface area (Å²) in [5.41, 5.74) is 0. The summed E-state index contributed by atoms with van der Waals surface area (Å²) in [6.45, 7) is 6.92. The Balaban J connectivity index is 2.30. The van der Waals surface area contributed by atoms with Gasteiger partial charge in [-0.3, -0.25) is 9.69 Å². The van der Waals surface area contributed by atoms with Gasteiger partial charge >= 0.3 is 0 Å². The summed E-state index contributed by atoms with van der Waals surface area (Å²) < 4.78 is 0. The van der Waals surface area contributed by atoms with Gasteiger partial charge in [-0.15, -0.1) is 0 Å². The maximum atomic E-state index is 11.8. The predicted molar refractivity (Wildman–Crippen MR) is 81.5 cm³/mol. The third-order valence-electron chi connectivity index (χ3n) is 3.47. The molecule has 114 valence electrons. The normalized spacial score (nSPS) is 19.8. The van der Waals surface area contributed by atoms with Gasteiger partial charge in [-0.05, 0) is 14.0 Å². The molecule has 0 spiro atoms. The number of carbonyl (C=O) groups is 1. The molecule has 0 saturated carbocycles. The van der Waals surface area contributed by atoms with Crippen molar-refractivity contribution in [3.8, 4) is 0 Å². The van der Waals surface area contributed by atoms with Gasteiger partial charge in [0.15, 0.2) is 0 Å². The number of allylic oxidation sites excluding steroid dienone is 3. The van der Waals surface area contributed by atoms with Crippen LogP contribution in [0.25, 0.3) is 0 Å². The first-order valence-corrected chi connectivity index (χ1v) is 7.16. The van der Waals surface area contributed by atoms with Gasteiger partial charge in [-0.25, -0.2) is 0 Å². The van der Waals surface area contributed by atoms with Gasteiger partial charge in [-0.1, -0.05) is 18.2 Å². The molecule has 1 N–H and O–H groups in total. The minimum absolute atomic E-state index is 0.0828. The van der Waals surface area contributed by atoms with Gasteiger partial charge in [0, 0.05) is 52.4 Å². The zero-order valence-corrected chi connectivity index (χ0v) is 12.8. The number of carbonyl (C=O) groups excluding carboxylic acids is 1. The molecular formula is C15H27N3O2. The number of β-amino-alcohol motifs (C(OH)–C–C–N with tert-alkyl or cyclic N) is 1. The summed E-state index contributed by atoms with van der Waals surface area (Å²) in [7, 11) is 3.83. The fourth-order valence-corrected chi connectivity index (χ4v) is 2.17. The van der Waals surface area contributed by atoms with Crippen molar-refractivity contribution < 1.29 is 9.90 Å². The van der Waals surface area contributed by atoms with Crippen LogP contribution in [0.4, 0.5) is 0 Å². The maximum absolute atomic E-state index is 11.8. The molecule has 1 fully saturated rings. The van der Waals surface area contributed by atoms with Gasteiger partial charge in [0.25, 0.3) is 0 Å². The average molecular weight is 281 g/mol. The lowest BCUT2D eigenvalue weighted by Crippen LogP contribution is -2.48. The summed E-state index contributed by atoms with van der Waals surface area (Å²) in [6.07, 6.45) is 6.41. The Labute approximate surface area is 122 Å². The van der Waals surface area contributed by atoms with E-state index in [0.717, 1.165) is 26.2 Å². The van der Waals surface area contributed by atoms with E-state index in [0.29, 0.717) is 13.1 Å². The fourth-order valence-electron chi connectivity index (χ4n) is 2.17. The van der Waals surface area contributed by atoms with Crippen LogP contribution in [-0.4, -0.2) is 85.2 Å². The lowest BCUT2D eigenvalue weighted by molar-refractivity contribution is -0.126. The van der Waals surface area contributed by atoms with Gasteiger partial charge in [-0.2, -0.15) is 0 Å². The molecule has 20 heavy (non-hydrogen) atoms. The van der Waals surface area contributed by atoms with Crippen molar-refractivity contribution in [1.82, 2.24) is 14.7 Å². The third kappa shape index (κ3) is 6.32. The highest BCUT2D eigenvalue weighted by Gasteiger charge is 2.18. The van der Waals surface area contributed by atoms with E-state index in [9.17, 15) is 9.90 Å². The molecule has 1 rings (SSSR count). The number of rotatable bonds is 6. The van der Waals surface area contributed by atoms with Crippen molar-refractivity contribution >= 4 is 5.91 Å². The second kappa shape index (κ2) is 8.89. The van der Waals surface area contributed by atoms with E-state index in [4.69, 9.17) is 0 Å². The molecule has 1 amide bonds. The zero-order chi connectivity index (χ0) is 15.0. The Morgan fingerprint density at radius 3 is 2.55 bits per heavy atom. The van der Waals surface area contributed by atoms with E-state index in [1.165, 1.54) is 6.08 Å². The summed E-state index contributed by atoms with van der Waals surface area (Å²) in [6, 6.07) is 0.